The summed E-state index contributed by atoms with van der Waals surface area (Å²) in [4.78, 5) is 100. The van der Waals surface area contributed by atoms with Crippen molar-refractivity contribution >= 4 is 64.4 Å². The molecule has 2 saturated heterocycles. The maximum Gasteiger partial charge on any atom is 0.274 e. The van der Waals surface area contributed by atoms with E-state index < -0.39 is 29.4 Å². The summed E-state index contributed by atoms with van der Waals surface area (Å²) in [6.45, 7) is 19.6. The van der Waals surface area contributed by atoms with E-state index in [1.807, 2.05) is 156 Å². The van der Waals surface area contributed by atoms with E-state index in [-0.39, 0.29) is 64.9 Å². The minimum atomic E-state index is -1.08. The molecule has 720 valence electrons. The third-order valence-corrected chi connectivity index (χ3v) is 22.0. The van der Waals surface area contributed by atoms with Crippen molar-refractivity contribution in [2.24, 2.45) is 0 Å². The van der Waals surface area contributed by atoms with Crippen LogP contribution in [0.2, 0.25) is 5.28 Å². The quantitative estimate of drug-likeness (QED) is 0.0112. The Morgan fingerprint density at radius 3 is 1.36 bits per heavy atom. The highest BCUT2D eigenvalue weighted by atomic mass is 35.5. The molecule has 0 amide bonds. The molecule has 2 unspecified atom stereocenters. The van der Waals surface area contributed by atoms with E-state index in [9.17, 15) is 41.8 Å². The predicted molar refractivity (Wildman–Crippen MR) is 513 cm³/mol. The van der Waals surface area contributed by atoms with Crippen molar-refractivity contribution in [2.45, 2.75) is 196 Å². The van der Waals surface area contributed by atoms with Crippen LogP contribution in [0.3, 0.4) is 0 Å². The molecule has 0 spiro atoms. The smallest absolute Gasteiger partial charge is 0.274 e. The van der Waals surface area contributed by atoms with E-state index in [2.05, 4.69) is 88.0 Å². The van der Waals surface area contributed by atoms with Crippen molar-refractivity contribution < 1.29 is 65.4 Å². The summed E-state index contributed by atoms with van der Waals surface area (Å²) >= 11 is 6.01. The number of halogens is 5. The summed E-state index contributed by atoms with van der Waals surface area (Å²) in [5.74, 6) is 1.30. The number of hydrogen-bond acceptors (Lipinski definition) is 28. The zero-order chi connectivity index (χ0) is 97.3. The molecule has 7 N–H and O–H groups in total. The molecule has 36 heteroatoms. The number of carbonyl (C=O) groups is 1. The molecule has 13 aromatic rings. The number of H-pyrrole nitrogens is 2. The van der Waals surface area contributed by atoms with Crippen molar-refractivity contribution in [2.75, 3.05) is 61.9 Å². The van der Waals surface area contributed by atoms with Crippen LogP contribution in [0.1, 0.15) is 181 Å². The van der Waals surface area contributed by atoms with Gasteiger partial charge in [0, 0.05) is 107 Å². The van der Waals surface area contributed by atoms with Crippen LogP contribution in [0.15, 0.2) is 178 Å². The lowest BCUT2D eigenvalue weighted by Crippen LogP contribution is -2.25. The molecule has 137 heavy (non-hydrogen) atoms. The van der Waals surface area contributed by atoms with Crippen LogP contribution < -0.4 is 56.9 Å². The number of aryl methyl sites for hydroxylation is 13. The Balaban J connectivity index is 0.000000155. The number of anilines is 8. The molecule has 0 bridgehead atoms. The van der Waals surface area contributed by atoms with Crippen molar-refractivity contribution in [3.8, 4) is 23.3 Å². The lowest BCUT2D eigenvalue weighted by atomic mass is 10.0. The average molecular weight is 1900 g/mol. The minimum Gasteiger partial charge on any atom is -0.497 e. The van der Waals surface area contributed by atoms with Gasteiger partial charge >= 0.3 is 0 Å². The van der Waals surface area contributed by atoms with Crippen LogP contribution in [-0.4, -0.2) is 134 Å². The second-order valence-electron chi connectivity index (χ2n) is 32.3. The Morgan fingerprint density at radius 2 is 0.905 bits per heavy atom. The Morgan fingerprint density at radius 1 is 0.482 bits per heavy atom. The topological polar surface area (TPSA) is 389 Å². The van der Waals surface area contributed by atoms with E-state index in [1.165, 1.54) is 30.3 Å². The van der Waals surface area contributed by atoms with Crippen molar-refractivity contribution in [3.05, 3.63) is 320 Å². The standard InChI is InChI=1S/C26H32N4O4.C21H22F2N4O2.C21H20F2N4O.C18H21ClN2O4.C15H18N4O2/c1-4-22-23(12-6-18(2)27-22)29-26-28-20(9-13-25-32-14-5-15-33-25)16-24(30-26)34-17-19-7-10-21(31-3)11-8-19;1-3-17-18(6-4-12(2)24-17)26-21-25-16(11-20(29)27-21)5-7-19(28)13-8-14(22)10-15(23)9-13;1-3-17-18(6-4-12(2)24-17)25-21-26-20(28)11-16-5-7-19(27(16)21)13-8-14(22)10-15(23)9-13;1-22-15-6-3-13(4-7-15)12-25-16-11-14(20-18(19)21-16)5-8-17-23-9-2-10-24-17;1-3-12-13(7-6-10(2)16-12)18-15-17-11(5-4-8-20)9-14(21)19-15/h6-8,10-12,16,25H,4-5,9,13-15,17H2,1-3H3,(H,28,29,30);4,6,8-11,19,28H,3,5,7H2,1-2H3,(H2,25,26,27,29);4,6,8-11,19H,3,5,7H2,1-2H3,(H,25,26,28);3-4,6-7,11,17H,2,5,8-10,12H2,1H3;6-9H,3-5H2,1-2H3,(H2,17,18,19,21). The van der Waals surface area contributed by atoms with Crippen LogP contribution in [0.5, 0.6) is 23.3 Å². The number of hydrogen-bond donors (Lipinski definition) is 7. The van der Waals surface area contributed by atoms with Crippen molar-refractivity contribution in [1.82, 2.24) is 69.4 Å². The summed E-state index contributed by atoms with van der Waals surface area (Å²) in [6.07, 6.45) is 9.56. The summed E-state index contributed by atoms with van der Waals surface area (Å²) in [7, 11) is 3.29. The van der Waals surface area contributed by atoms with Gasteiger partial charge in [-0.05, 0) is 242 Å². The normalized spacial score (nSPS) is 13.6. The van der Waals surface area contributed by atoms with E-state index in [0.717, 1.165) is 204 Å². The van der Waals surface area contributed by atoms with Gasteiger partial charge in [0.2, 0.25) is 40.8 Å². The van der Waals surface area contributed by atoms with Gasteiger partial charge < -0.3 is 73.6 Å². The fourth-order valence-electron chi connectivity index (χ4n) is 15.0. The Bertz CT molecular complexity index is 6330. The van der Waals surface area contributed by atoms with Crippen LogP contribution in [0, 0.1) is 51.0 Å². The minimum absolute atomic E-state index is 0.143. The number of methoxy groups -OCH3 is 2. The maximum atomic E-state index is 13.8. The number of aromatic amines is 2. The zero-order valence-electron chi connectivity index (χ0n) is 78.1. The van der Waals surface area contributed by atoms with Gasteiger partial charge in [0.1, 0.15) is 54.3 Å². The van der Waals surface area contributed by atoms with E-state index >= 15 is 0 Å². The van der Waals surface area contributed by atoms with Gasteiger partial charge in [0.15, 0.2) is 12.6 Å². The van der Waals surface area contributed by atoms with E-state index in [0.29, 0.717) is 111 Å². The highest BCUT2D eigenvalue weighted by Crippen LogP contribution is 2.37. The molecule has 2 fully saturated rings. The molecule has 2 atom stereocenters. The second-order valence-corrected chi connectivity index (χ2v) is 32.6. The molecule has 16 rings (SSSR count). The number of rotatable bonds is 34. The number of aliphatic hydroxyl groups is 1. The first kappa shape index (κ1) is 102. The zero-order valence-corrected chi connectivity index (χ0v) is 78.9. The molecule has 0 saturated carbocycles. The number of aldehydes is 1. The predicted octanol–water partition coefficient (Wildman–Crippen LogP) is 17.9. The number of pyridine rings is 4. The first-order valence-corrected chi connectivity index (χ1v) is 45.8. The number of benzene rings is 4. The van der Waals surface area contributed by atoms with Gasteiger partial charge in [-0.25, -0.2) is 37.5 Å². The summed E-state index contributed by atoms with van der Waals surface area (Å²) in [5, 5.41) is 23.1. The maximum absolute atomic E-state index is 13.8. The van der Waals surface area contributed by atoms with Gasteiger partial charge in [-0.1, -0.05) is 52.0 Å². The number of carbonyl (C=O) groups excluding carboxylic acids is 1. The summed E-state index contributed by atoms with van der Waals surface area (Å²) in [6, 6.07) is 44.8. The lowest BCUT2D eigenvalue weighted by molar-refractivity contribution is -0.181. The monoisotopic (exact) mass is 1900 g/mol. The lowest BCUT2D eigenvalue weighted by Gasteiger charge is -2.23. The summed E-state index contributed by atoms with van der Waals surface area (Å²) in [5.41, 5.74) is 15.8. The SMILES string of the molecule is CCc1nc(C)ccc1Nc1nc(=O)cc2n1C(c1cc(F)cc(F)c1)CC2.CCc1nc(C)ccc1Nc1nc(CCC(O)c2cc(F)cc(F)c2)cc(=O)[nH]1.CCc1nc(C)ccc1Nc1nc(CCC2OCCCO2)cc(OCc2ccc(OC)cc2)n1.CCc1nc(C)ccc1Nc1nc(CCC=O)cc(=O)[nH]1.COc1ccc(COc2cc(CCC3OCCCO3)nc(Cl)n2)cc1. The van der Waals surface area contributed by atoms with E-state index in [4.69, 9.17) is 54.5 Å². The fraction of sp³-hybridized carbons (Fsp3) is 0.356. The molecule has 0 radical (unpaired) electrons. The Kier molecular flexibility index (Phi) is 38.2. The van der Waals surface area contributed by atoms with Crippen LogP contribution in [0.25, 0.3) is 0 Å². The number of aliphatic hydroxyl groups excluding tert-OH is 1. The molecule has 4 aromatic carbocycles. The third-order valence-electron chi connectivity index (χ3n) is 21.8. The number of nitrogens with zero attached hydrogens (tertiary/aromatic N) is 12. The molecule has 9 aromatic heterocycles. The van der Waals surface area contributed by atoms with Gasteiger partial charge in [-0.2, -0.15) is 15.0 Å². The fourth-order valence-corrected chi connectivity index (χ4v) is 15.2. The van der Waals surface area contributed by atoms with Crippen molar-refractivity contribution in [3.63, 3.8) is 0 Å². The van der Waals surface area contributed by atoms with Crippen LogP contribution in [-0.2, 0) is 94.7 Å². The van der Waals surface area contributed by atoms with Crippen LogP contribution >= 0.6 is 11.6 Å². The molecular weight excluding hydrogens is 1780 g/mol. The second kappa shape index (κ2) is 51.2. The largest absolute Gasteiger partial charge is 0.497 e. The molecule has 3 aliphatic heterocycles. The highest BCUT2D eigenvalue weighted by molar-refractivity contribution is 6.28. The van der Waals surface area contributed by atoms with Gasteiger partial charge in [0.25, 0.3) is 16.7 Å². The van der Waals surface area contributed by atoms with Gasteiger partial charge in [0.05, 0.1) is 104 Å². The average Bonchev–Trinajstić information content (AvgIpc) is 1.63. The van der Waals surface area contributed by atoms with Gasteiger partial charge in [-0.3, -0.25) is 44.3 Å². The molecular formula is C101H113ClF4N18O13. The highest BCUT2D eigenvalue weighted by Gasteiger charge is 2.29. The van der Waals surface area contributed by atoms with Gasteiger partial charge in [-0.15, -0.1) is 0 Å². The first-order valence-electron chi connectivity index (χ1n) is 45.5. The first-order chi connectivity index (χ1) is 66.2. The van der Waals surface area contributed by atoms with E-state index in [1.54, 1.807) is 20.3 Å². The number of fused-ring (bicyclic) bond motifs is 1. The molecule has 0 aliphatic carbocycles. The summed E-state index contributed by atoms with van der Waals surface area (Å²) < 4.78 is 101. The number of nitrogens with one attached hydrogen (secondary N) is 6. The molecule has 31 nitrogen and oxygen atoms in total. The third kappa shape index (κ3) is 31.6. The number of ether oxygens (including phenoxy) is 8. The Labute approximate surface area is 795 Å². The number of aromatic nitrogens is 14. The molecule has 3 aliphatic rings. The van der Waals surface area contributed by atoms with Crippen molar-refractivity contribution in [1.29, 1.82) is 0 Å². The molecule has 12 heterocycles. The Hall–Kier alpha value is -13.8. The van der Waals surface area contributed by atoms with Crippen LogP contribution in [0.4, 0.5) is 64.1 Å².